The number of anilines is 1. The van der Waals surface area contributed by atoms with E-state index in [0.717, 1.165) is 4.31 Å². The fourth-order valence-electron chi connectivity index (χ4n) is 2.29. The number of sulfonamides is 1. The first-order valence-corrected chi connectivity index (χ1v) is 8.47. The molecule has 1 aromatic carbocycles. The summed E-state index contributed by atoms with van der Waals surface area (Å²) in [7, 11) is -3.81. The number of benzene rings is 1. The van der Waals surface area contributed by atoms with Crippen molar-refractivity contribution < 1.29 is 21.6 Å². The molecule has 0 amide bonds. The van der Waals surface area contributed by atoms with Crippen molar-refractivity contribution in [3.8, 4) is 0 Å². The number of piperidine rings is 1. The Labute approximate surface area is 129 Å². The molecular weight excluding hydrogens is 373 g/mol. The second kappa shape index (κ2) is 5.77. The molecule has 2 rings (SSSR count). The van der Waals surface area contributed by atoms with E-state index in [9.17, 15) is 21.6 Å². The lowest BCUT2D eigenvalue weighted by Gasteiger charge is -2.32. The quantitative estimate of drug-likeness (QED) is 0.794. The third-order valence-electron chi connectivity index (χ3n) is 3.49. The average Bonchev–Trinajstić information content (AvgIpc) is 2.37. The Bertz CT molecular complexity index is 626. The predicted molar refractivity (Wildman–Crippen MR) is 76.1 cm³/mol. The molecule has 0 radical (unpaired) electrons. The lowest BCUT2D eigenvalue weighted by molar-refractivity contribution is -0.182. The zero-order chi connectivity index (χ0) is 15.8. The molecule has 1 aliphatic heterocycles. The highest BCUT2D eigenvalue weighted by atomic mass is 79.9. The number of alkyl halides is 3. The first kappa shape index (κ1) is 16.6. The van der Waals surface area contributed by atoms with E-state index in [0.29, 0.717) is 10.2 Å². The molecule has 1 saturated heterocycles. The van der Waals surface area contributed by atoms with Gasteiger partial charge in [0.1, 0.15) is 0 Å². The van der Waals surface area contributed by atoms with Gasteiger partial charge in [0.2, 0.25) is 10.0 Å². The van der Waals surface area contributed by atoms with Crippen LogP contribution in [0, 0.1) is 5.92 Å². The summed E-state index contributed by atoms with van der Waals surface area (Å²) >= 11 is 3.13. The first-order chi connectivity index (χ1) is 9.62. The van der Waals surface area contributed by atoms with Crippen LogP contribution in [-0.2, 0) is 10.0 Å². The van der Waals surface area contributed by atoms with E-state index in [1.807, 2.05) is 0 Å². The Morgan fingerprint density at radius 2 is 1.81 bits per heavy atom. The Morgan fingerprint density at radius 3 is 2.29 bits per heavy atom. The summed E-state index contributed by atoms with van der Waals surface area (Å²) in [5.41, 5.74) is 5.95. The van der Waals surface area contributed by atoms with Gasteiger partial charge < -0.3 is 5.73 Å². The van der Waals surface area contributed by atoms with Gasteiger partial charge in [-0.05, 0) is 47.0 Å². The van der Waals surface area contributed by atoms with Gasteiger partial charge in [-0.1, -0.05) is 0 Å². The summed E-state index contributed by atoms with van der Waals surface area (Å²) in [6.45, 7) is -0.271. The molecule has 0 atom stereocenters. The Balaban J connectivity index is 2.19. The summed E-state index contributed by atoms with van der Waals surface area (Å²) < 4.78 is 64.1. The van der Waals surface area contributed by atoms with Crippen LogP contribution in [0.3, 0.4) is 0 Å². The van der Waals surface area contributed by atoms with Gasteiger partial charge in [0.05, 0.1) is 10.8 Å². The SMILES string of the molecule is Nc1ccc(S(=O)(=O)N2CCC(C(F)(F)F)CC2)c(Br)c1. The summed E-state index contributed by atoms with van der Waals surface area (Å²) in [5, 5.41) is 0. The summed E-state index contributed by atoms with van der Waals surface area (Å²) in [5.74, 6) is -1.43. The lowest BCUT2D eigenvalue weighted by atomic mass is 9.98. The Morgan fingerprint density at radius 1 is 1.24 bits per heavy atom. The molecule has 0 aromatic heterocycles. The first-order valence-electron chi connectivity index (χ1n) is 6.24. The number of nitrogen functional groups attached to an aromatic ring is 1. The Kier molecular flexibility index (Phi) is 4.55. The van der Waals surface area contributed by atoms with E-state index in [1.165, 1.54) is 18.2 Å². The highest BCUT2D eigenvalue weighted by Gasteiger charge is 2.43. The van der Waals surface area contributed by atoms with E-state index in [2.05, 4.69) is 15.9 Å². The van der Waals surface area contributed by atoms with Gasteiger partial charge in [-0.3, -0.25) is 0 Å². The Hall–Kier alpha value is -0.800. The highest BCUT2D eigenvalue weighted by molar-refractivity contribution is 9.10. The molecule has 21 heavy (non-hydrogen) atoms. The monoisotopic (exact) mass is 386 g/mol. The van der Waals surface area contributed by atoms with E-state index >= 15 is 0 Å². The molecule has 2 N–H and O–H groups in total. The number of hydrogen-bond acceptors (Lipinski definition) is 3. The fourth-order valence-corrected chi connectivity index (χ4v) is 4.81. The molecule has 1 fully saturated rings. The maximum Gasteiger partial charge on any atom is 0.391 e. The normalized spacial score (nSPS) is 18.9. The van der Waals surface area contributed by atoms with Crippen LogP contribution in [0.25, 0.3) is 0 Å². The van der Waals surface area contributed by atoms with Gasteiger partial charge in [-0.2, -0.15) is 17.5 Å². The van der Waals surface area contributed by atoms with Crippen LogP contribution >= 0.6 is 15.9 Å². The minimum atomic E-state index is -4.27. The molecule has 0 unspecified atom stereocenters. The van der Waals surface area contributed by atoms with Crippen LogP contribution in [0.1, 0.15) is 12.8 Å². The van der Waals surface area contributed by atoms with Gasteiger partial charge in [0.15, 0.2) is 0 Å². The largest absolute Gasteiger partial charge is 0.399 e. The van der Waals surface area contributed by atoms with Crippen molar-refractivity contribution >= 4 is 31.6 Å². The molecule has 1 aromatic rings. The fraction of sp³-hybridized carbons (Fsp3) is 0.500. The second-order valence-electron chi connectivity index (χ2n) is 4.91. The van der Waals surface area contributed by atoms with Gasteiger partial charge >= 0.3 is 6.18 Å². The zero-order valence-electron chi connectivity index (χ0n) is 10.9. The summed E-state index contributed by atoms with van der Waals surface area (Å²) in [4.78, 5) is 0.0159. The third kappa shape index (κ3) is 3.51. The van der Waals surface area contributed by atoms with Crippen molar-refractivity contribution in [2.24, 2.45) is 5.92 Å². The van der Waals surface area contributed by atoms with Crippen LogP contribution in [0.15, 0.2) is 27.6 Å². The number of halogens is 4. The van der Waals surface area contributed by atoms with Crippen molar-refractivity contribution in [3.05, 3.63) is 22.7 Å². The molecule has 0 bridgehead atoms. The van der Waals surface area contributed by atoms with Gasteiger partial charge in [-0.15, -0.1) is 0 Å². The molecule has 0 aliphatic carbocycles. The molecule has 1 heterocycles. The maximum atomic E-state index is 12.6. The molecule has 0 saturated carbocycles. The van der Waals surface area contributed by atoms with Crippen molar-refractivity contribution in [2.45, 2.75) is 23.9 Å². The van der Waals surface area contributed by atoms with Crippen LogP contribution in [0.4, 0.5) is 18.9 Å². The molecule has 1 aliphatic rings. The van der Waals surface area contributed by atoms with Gasteiger partial charge in [-0.25, -0.2) is 8.42 Å². The van der Waals surface area contributed by atoms with Crippen LogP contribution in [-0.4, -0.2) is 32.0 Å². The van der Waals surface area contributed by atoms with Crippen molar-refractivity contribution in [1.82, 2.24) is 4.31 Å². The standard InChI is InChI=1S/C12H14BrF3N2O2S/c13-10-7-9(17)1-2-11(10)21(19,20)18-5-3-8(4-6-18)12(14,15)16/h1-2,7-8H,3-6,17H2. The summed E-state index contributed by atoms with van der Waals surface area (Å²) in [6.07, 6.45) is -4.69. The zero-order valence-corrected chi connectivity index (χ0v) is 13.3. The number of hydrogen-bond donors (Lipinski definition) is 1. The third-order valence-corrected chi connectivity index (χ3v) is 6.37. The molecule has 4 nitrogen and oxygen atoms in total. The summed E-state index contributed by atoms with van der Waals surface area (Å²) in [6, 6.07) is 4.25. The lowest BCUT2D eigenvalue weighted by Crippen LogP contribution is -2.42. The maximum absolute atomic E-state index is 12.6. The van der Waals surface area contributed by atoms with Crippen molar-refractivity contribution in [2.75, 3.05) is 18.8 Å². The van der Waals surface area contributed by atoms with E-state index in [-0.39, 0.29) is 30.8 Å². The van der Waals surface area contributed by atoms with Crippen LogP contribution in [0.5, 0.6) is 0 Å². The second-order valence-corrected chi connectivity index (χ2v) is 7.67. The van der Waals surface area contributed by atoms with Crippen LogP contribution < -0.4 is 5.73 Å². The smallest absolute Gasteiger partial charge is 0.391 e. The van der Waals surface area contributed by atoms with E-state index in [4.69, 9.17) is 5.73 Å². The highest BCUT2D eigenvalue weighted by Crippen LogP contribution is 2.36. The molecule has 9 heteroatoms. The minimum Gasteiger partial charge on any atom is -0.399 e. The topological polar surface area (TPSA) is 63.4 Å². The van der Waals surface area contributed by atoms with Gasteiger partial charge in [0.25, 0.3) is 0 Å². The number of nitrogens with zero attached hydrogens (tertiary/aromatic N) is 1. The molecular formula is C12H14BrF3N2O2S. The van der Waals surface area contributed by atoms with Crippen molar-refractivity contribution in [1.29, 1.82) is 0 Å². The van der Waals surface area contributed by atoms with E-state index in [1.54, 1.807) is 0 Å². The molecule has 118 valence electrons. The average molecular weight is 387 g/mol. The minimum absolute atomic E-state index is 0.0159. The van der Waals surface area contributed by atoms with Gasteiger partial charge in [0, 0.05) is 23.2 Å². The number of rotatable bonds is 2. The number of nitrogens with two attached hydrogens (primary N) is 1. The molecule has 0 spiro atoms. The van der Waals surface area contributed by atoms with Crippen LogP contribution in [0.2, 0.25) is 0 Å². The van der Waals surface area contributed by atoms with Crippen molar-refractivity contribution in [3.63, 3.8) is 0 Å². The van der Waals surface area contributed by atoms with E-state index < -0.39 is 22.1 Å². The predicted octanol–water partition coefficient (Wildman–Crippen LogP) is 2.99.